The first-order valence-electron chi connectivity index (χ1n) is 6.76. The van der Waals surface area contributed by atoms with Crippen molar-refractivity contribution in [2.24, 2.45) is 0 Å². The van der Waals surface area contributed by atoms with Gasteiger partial charge < -0.3 is 14.8 Å². The fourth-order valence-corrected chi connectivity index (χ4v) is 2.44. The summed E-state index contributed by atoms with van der Waals surface area (Å²) in [5, 5.41) is 3.26. The maximum atomic E-state index is 11.6. The maximum absolute atomic E-state index is 11.6. The molecule has 0 saturated carbocycles. The minimum absolute atomic E-state index is 0.0697. The van der Waals surface area contributed by atoms with Crippen LogP contribution < -0.4 is 10.1 Å². The molecule has 0 aliphatic carbocycles. The van der Waals surface area contributed by atoms with Crippen LogP contribution in [0.5, 0.6) is 5.75 Å². The number of esters is 1. The Morgan fingerprint density at radius 2 is 2.10 bits per heavy atom. The highest BCUT2D eigenvalue weighted by Gasteiger charge is 2.12. The van der Waals surface area contributed by atoms with Crippen molar-refractivity contribution in [3.63, 3.8) is 0 Å². The van der Waals surface area contributed by atoms with Gasteiger partial charge >= 0.3 is 5.97 Å². The molecule has 0 aliphatic rings. The van der Waals surface area contributed by atoms with E-state index in [0.717, 1.165) is 27.9 Å². The summed E-state index contributed by atoms with van der Waals surface area (Å²) < 4.78 is 11.7. The van der Waals surface area contributed by atoms with Crippen LogP contribution in [0.1, 0.15) is 31.9 Å². The minimum atomic E-state index is -0.350. The van der Waals surface area contributed by atoms with E-state index in [0.29, 0.717) is 6.54 Å². The Morgan fingerprint density at radius 1 is 1.40 bits per heavy atom. The first-order valence-corrected chi connectivity index (χ1v) is 7.55. The van der Waals surface area contributed by atoms with Gasteiger partial charge in [-0.15, -0.1) is 0 Å². The van der Waals surface area contributed by atoms with E-state index in [-0.39, 0.29) is 18.7 Å². The number of rotatable bonds is 7. The average molecular weight is 344 g/mol. The number of carbonyl (C=O) groups excluding carboxylic acids is 1. The normalized spacial score (nSPS) is 10.7. The smallest absolute Gasteiger partial charge is 0.344 e. The van der Waals surface area contributed by atoms with Gasteiger partial charge in [0.25, 0.3) is 0 Å². The highest BCUT2D eigenvalue weighted by atomic mass is 79.9. The van der Waals surface area contributed by atoms with E-state index in [1.54, 1.807) is 0 Å². The van der Waals surface area contributed by atoms with Crippen molar-refractivity contribution in [1.82, 2.24) is 5.32 Å². The van der Waals surface area contributed by atoms with Crippen LogP contribution in [0.4, 0.5) is 0 Å². The first kappa shape index (κ1) is 17.0. The van der Waals surface area contributed by atoms with Crippen molar-refractivity contribution >= 4 is 21.9 Å². The van der Waals surface area contributed by atoms with Crippen molar-refractivity contribution in [3.8, 4) is 5.75 Å². The van der Waals surface area contributed by atoms with Gasteiger partial charge in [0.05, 0.1) is 6.10 Å². The molecule has 0 atom stereocenters. The zero-order chi connectivity index (χ0) is 15.1. The largest absolute Gasteiger partial charge is 0.481 e. The minimum Gasteiger partial charge on any atom is -0.481 e. The topological polar surface area (TPSA) is 47.6 Å². The lowest BCUT2D eigenvalue weighted by Gasteiger charge is -2.15. The highest BCUT2D eigenvalue weighted by Crippen LogP contribution is 2.28. The van der Waals surface area contributed by atoms with Gasteiger partial charge in [0.1, 0.15) is 5.75 Å². The molecule has 0 heterocycles. The molecular formula is C15H22BrNO3. The van der Waals surface area contributed by atoms with Crippen LogP contribution in [0.3, 0.4) is 0 Å². The lowest BCUT2D eigenvalue weighted by molar-refractivity contribution is -0.149. The molecule has 1 rings (SSSR count). The second-order valence-electron chi connectivity index (χ2n) is 4.82. The van der Waals surface area contributed by atoms with Crippen LogP contribution in [-0.2, 0) is 16.1 Å². The molecule has 112 valence electrons. The van der Waals surface area contributed by atoms with Gasteiger partial charge in [-0.2, -0.15) is 0 Å². The van der Waals surface area contributed by atoms with Crippen LogP contribution in [0, 0.1) is 6.92 Å². The van der Waals surface area contributed by atoms with Crippen molar-refractivity contribution in [3.05, 3.63) is 27.7 Å². The molecule has 0 unspecified atom stereocenters. The van der Waals surface area contributed by atoms with E-state index in [1.807, 2.05) is 39.8 Å². The van der Waals surface area contributed by atoms with Crippen LogP contribution in [0.15, 0.2) is 16.6 Å². The lowest BCUT2D eigenvalue weighted by Crippen LogP contribution is -2.20. The molecule has 0 radical (unpaired) electrons. The third-order valence-electron chi connectivity index (χ3n) is 2.58. The summed E-state index contributed by atoms with van der Waals surface area (Å²) >= 11 is 3.48. The van der Waals surface area contributed by atoms with E-state index in [9.17, 15) is 4.79 Å². The Morgan fingerprint density at radius 3 is 2.70 bits per heavy atom. The number of hydrogen-bond donors (Lipinski definition) is 1. The Balaban J connectivity index is 2.79. The summed E-state index contributed by atoms with van der Waals surface area (Å²) in [5.41, 5.74) is 2.01. The zero-order valence-electron chi connectivity index (χ0n) is 12.5. The van der Waals surface area contributed by atoms with Crippen molar-refractivity contribution in [1.29, 1.82) is 0 Å². The molecule has 0 bridgehead atoms. The van der Waals surface area contributed by atoms with Gasteiger partial charge in [-0.1, -0.05) is 22.9 Å². The van der Waals surface area contributed by atoms with E-state index >= 15 is 0 Å². The Kier molecular flexibility index (Phi) is 7.02. The Hall–Kier alpha value is -1.07. The number of carbonyl (C=O) groups is 1. The fourth-order valence-electron chi connectivity index (χ4n) is 1.82. The third kappa shape index (κ3) is 5.51. The highest BCUT2D eigenvalue weighted by molar-refractivity contribution is 9.10. The van der Waals surface area contributed by atoms with E-state index < -0.39 is 0 Å². The van der Waals surface area contributed by atoms with Crippen molar-refractivity contribution < 1.29 is 14.3 Å². The fraction of sp³-hybridized carbons (Fsp3) is 0.533. The summed E-state index contributed by atoms with van der Waals surface area (Å²) in [6, 6.07) is 3.97. The van der Waals surface area contributed by atoms with Gasteiger partial charge in [0.15, 0.2) is 6.61 Å². The number of nitrogens with one attached hydrogen (secondary N) is 1. The van der Waals surface area contributed by atoms with Gasteiger partial charge in [-0.05, 0) is 45.0 Å². The van der Waals surface area contributed by atoms with Crippen LogP contribution in [-0.4, -0.2) is 25.2 Å². The maximum Gasteiger partial charge on any atom is 0.344 e. The second kappa shape index (κ2) is 8.27. The van der Waals surface area contributed by atoms with Gasteiger partial charge in [-0.25, -0.2) is 4.79 Å². The molecule has 0 spiro atoms. The SMILES string of the molecule is CCNCc1cc(Br)cc(C)c1OCC(=O)OC(C)C. The molecule has 5 heteroatoms. The molecule has 20 heavy (non-hydrogen) atoms. The second-order valence-corrected chi connectivity index (χ2v) is 5.73. The predicted octanol–water partition coefficient (Wildman–Crippen LogP) is 3.20. The standard InChI is InChI=1S/C15H22BrNO3/c1-5-17-8-12-7-13(16)6-11(4)15(12)19-9-14(18)20-10(2)3/h6-7,10,17H,5,8-9H2,1-4H3. The van der Waals surface area contributed by atoms with E-state index in [4.69, 9.17) is 9.47 Å². The monoisotopic (exact) mass is 343 g/mol. The zero-order valence-corrected chi connectivity index (χ0v) is 14.0. The molecular weight excluding hydrogens is 322 g/mol. The third-order valence-corrected chi connectivity index (χ3v) is 3.04. The molecule has 0 aliphatic heterocycles. The van der Waals surface area contributed by atoms with Crippen LogP contribution in [0.25, 0.3) is 0 Å². The molecule has 4 nitrogen and oxygen atoms in total. The average Bonchev–Trinajstić information content (AvgIpc) is 2.33. The lowest BCUT2D eigenvalue weighted by atomic mass is 10.1. The molecule has 0 aromatic heterocycles. The Labute approximate surface area is 129 Å². The molecule has 1 N–H and O–H groups in total. The van der Waals surface area contributed by atoms with Crippen LogP contribution in [0.2, 0.25) is 0 Å². The molecule has 0 fully saturated rings. The number of hydrogen-bond acceptors (Lipinski definition) is 4. The van der Waals surface area contributed by atoms with E-state index in [2.05, 4.69) is 21.2 Å². The van der Waals surface area contributed by atoms with Crippen LogP contribution >= 0.6 is 15.9 Å². The summed E-state index contributed by atoms with van der Waals surface area (Å²) in [7, 11) is 0. The molecule has 0 amide bonds. The molecule has 1 aromatic carbocycles. The molecule has 0 saturated heterocycles. The summed E-state index contributed by atoms with van der Waals surface area (Å²) in [5.74, 6) is 0.395. The quantitative estimate of drug-likeness (QED) is 0.772. The van der Waals surface area contributed by atoms with Gasteiger partial charge in [-0.3, -0.25) is 0 Å². The van der Waals surface area contributed by atoms with Crippen molar-refractivity contribution in [2.75, 3.05) is 13.2 Å². The molecule has 1 aromatic rings. The number of halogens is 1. The summed E-state index contributed by atoms with van der Waals surface area (Å²) in [4.78, 5) is 11.6. The van der Waals surface area contributed by atoms with Gasteiger partial charge in [0.2, 0.25) is 0 Å². The predicted molar refractivity (Wildman–Crippen MR) is 83.0 cm³/mol. The first-order chi connectivity index (χ1) is 9.43. The summed E-state index contributed by atoms with van der Waals surface area (Å²) in [6.45, 7) is 9.15. The van der Waals surface area contributed by atoms with E-state index in [1.165, 1.54) is 0 Å². The number of benzene rings is 1. The van der Waals surface area contributed by atoms with Crippen molar-refractivity contribution in [2.45, 2.75) is 40.3 Å². The Bertz CT molecular complexity index is 461. The van der Waals surface area contributed by atoms with Gasteiger partial charge in [0, 0.05) is 16.6 Å². The number of ether oxygens (including phenoxy) is 2. The number of aryl methyl sites for hydroxylation is 1. The summed E-state index contributed by atoms with van der Waals surface area (Å²) in [6.07, 6.45) is -0.127.